The molecule has 26 heavy (non-hydrogen) atoms. The molecule has 0 saturated heterocycles. The number of carbonyl (C=O) groups is 1. The first-order valence-corrected chi connectivity index (χ1v) is 10.3. The Morgan fingerprint density at radius 1 is 1.19 bits per heavy atom. The fourth-order valence-corrected chi connectivity index (χ4v) is 3.77. The third kappa shape index (κ3) is 4.14. The molecule has 136 valence electrons. The van der Waals surface area contributed by atoms with Crippen LogP contribution in [0, 0.1) is 13.8 Å². The lowest BCUT2D eigenvalue weighted by atomic mass is 10.1. The maximum atomic E-state index is 12.1. The summed E-state index contributed by atoms with van der Waals surface area (Å²) in [5, 5.41) is 11.2. The minimum Gasteiger partial charge on any atom is -0.402 e. The number of rotatable bonds is 5. The Bertz CT molecular complexity index is 1050. The number of anilines is 1. The van der Waals surface area contributed by atoms with Gasteiger partial charge in [-0.3, -0.25) is 10.1 Å². The number of hydrogen-bond donors (Lipinski definition) is 1. The average molecular weight is 392 g/mol. The van der Waals surface area contributed by atoms with Crippen molar-refractivity contribution >= 4 is 33.1 Å². The topological polar surface area (TPSA) is 115 Å². The molecule has 0 bridgehead atoms. The Morgan fingerprint density at radius 3 is 2.46 bits per heavy atom. The first-order valence-electron chi connectivity index (χ1n) is 7.59. The molecule has 0 fully saturated rings. The minimum atomic E-state index is -3.26. The van der Waals surface area contributed by atoms with Crippen LogP contribution < -0.4 is 5.32 Å². The summed E-state index contributed by atoms with van der Waals surface area (Å²) in [4.78, 5) is 17.4. The van der Waals surface area contributed by atoms with Crippen LogP contribution >= 0.6 is 11.3 Å². The predicted molar refractivity (Wildman–Crippen MR) is 96.8 cm³/mol. The third-order valence-corrected chi connectivity index (χ3v) is 5.67. The summed E-state index contributed by atoms with van der Waals surface area (Å²) in [5.41, 5.74) is 1.46. The number of carbonyl (C=O) groups excluding carboxylic acids is 1. The van der Waals surface area contributed by atoms with Gasteiger partial charge in [-0.05, 0) is 31.5 Å². The van der Waals surface area contributed by atoms with Crippen molar-refractivity contribution in [3.05, 3.63) is 40.5 Å². The molecule has 0 atom stereocenters. The molecule has 0 spiro atoms. The Morgan fingerprint density at radius 2 is 1.88 bits per heavy atom. The molecule has 2 aromatic heterocycles. The zero-order valence-electron chi connectivity index (χ0n) is 14.3. The molecule has 1 N–H and O–H groups in total. The van der Waals surface area contributed by atoms with Gasteiger partial charge in [0.2, 0.25) is 5.91 Å². The molecule has 0 aliphatic heterocycles. The largest absolute Gasteiger partial charge is 0.402 e. The van der Waals surface area contributed by atoms with Crippen molar-refractivity contribution in [3.63, 3.8) is 0 Å². The number of amides is 1. The lowest BCUT2D eigenvalue weighted by Gasteiger charge is -2.03. The smallest absolute Gasteiger partial charge is 0.322 e. The van der Waals surface area contributed by atoms with Gasteiger partial charge in [-0.1, -0.05) is 17.2 Å². The molecule has 8 nitrogen and oxygen atoms in total. The van der Waals surface area contributed by atoms with E-state index in [9.17, 15) is 13.2 Å². The van der Waals surface area contributed by atoms with Crippen LogP contribution in [0.15, 0.2) is 33.6 Å². The third-order valence-electron chi connectivity index (χ3n) is 3.49. The predicted octanol–water partition coefficient (Wildman–Crippen LogP) is 2.39. The van der Waals surface area contributed by atoms with Crippen molar-refractivity contribution in [2.24, 2.45) is 0 Å². The lowest BCUT2D eigenvalue weighted by molar-refractivity contribution is -0.115. The lowest BCUT2D eigenvalue weighted by Crippen LogP contribution is -2.14. The second-order valence-corrected chi connectivity index (χ2v) is 8.92. The molecule has 10 heteroatoms. The van der Waals surface area contributed by atoms with E-state index in [0.29, 0.717) is 11.5 Å². The van der Waals surface area contributed by atoms with Gasteiger partial charge in [0.05, 0.1) is 22.0 Å². The van der Waals surface area contributed by atoms with E-state index >= 15 is 0 Å². The van der Waals surface area contributed by atoms with E-state index in [4.69, 9.17) is 4.42 Å². The van der Waals surface area contributed by atoms with Gasteiger partial charge in [-0.15, -0.1) is 16.4 Å². The fraction of sp³-hybridized carbons (Fsp3) is 0.250. The van der Waals surface area contributed by atoms with E-state index in [1.165, 1.54) is 23.5 Å². The number of hydrogen-bond acceptors (Lipinski definition) is 8. The summed E-state index contributed by atoms with van der Waals surface area (Å²) in [6.45, 7) is 3.73. The van der Waals surface area contributed by atoms with Crippen molar-refractivity contribution in [2.45, 2.75) is 25.2 Å². The highest BCUT2D eigenvalue weighted by Crippen LogP contribution is 2.29. The quantitative estimate of drug-likeness (QED) is 0.709. The molecule has 3 rings (SSSR count). The Balaban J connectivity index is 1.66. The molecular formula is C16H16N4O4S2. The van der Waals surface area contributed by atoms with Crippen molar-refractivity contribution in [3.8, 4) is 10.8 Å². The zero-order valence-corrected chi connectivity index (χ0v) is 15.9. The van der Waals surface area contributed by atoms with E-state index in [1.54, 1.807) is 12.1 Å². The van der Waals surface area contributed by atoms with E-state index < -0.39 is 9.84 Å². The molecule has 0 aliphatic rings. The standard InChI is InChI=1S/C16H16N4O4S2/c1-9-14(25-10(2)17-9)15-19-20-16(24-15)18-13(21)8-11-4-6-12(7-5-11)26(3,22)23/h4-7H,8H2,1-3H3,(H,18,20,21). The first-order chi connectivity index (χ1) is 12.2. The van der Waals surface area contributed by atoms with Crippen LogP contribution in [0.3, 0.4) is 0 Å². The normalized spacial score (nSPS) is 11.5. The second kappa shape index (κ2) is 6.96. The SMILES string of the molecule is Cc1nc(C)c(-c2nnc(NC(=O)Cc3ccc(S(C)(=O)=O)cc3)o2)s1. The number of benzene rings is 1. The number of thiazole rings is 1. The van der Waals surface area contributed by atoms with Gasteiger partial charge in [0.1, 0.15) is 4.88 Å². The molecule has 3 aromatic rings. The summed E-state index contributed by atoms with van der Waals surface area (Å²) in [7, 11) is -3.26. The Kier molecular flexibility index (Phi) is 4.88. The van der Waals surface area contributed by atoms with Crippen molar-refractivity contribution in [1.82, 2.24) is 15.2 Å². The van der Waals surface area contributed by atoms with Crippen molar-refractivity contribution < 1.29 is 17.6 Å². The number of nitrogens with zero attached hydrogens (tertiary/aromatic N) is 3. The highest BCUT2D eigenvalue weighted by atomic mass is 32.2. The van der Waals surface area contributed by atoms with Gasteiger partial charge in [-0.25, -0.2) is 13.4 Å². The number of sulfone groups is 1. The Labute approximate surface area is 154 Å². The van der Waals surface area contributed by atoms with Crippen LogP contribution in [-0.2, 0) is 21.1 Å². The van der Waals surface area contributed by atoms with Gasteiger partial charge in [0, 0.05) is 6.26 Å². The van der Waals surface area contributed by atoms with Crippen LogP contribution in [0.25, 0.3) is 10.8 Å². The molecule has 0 radical (unpaired) electrons. The van der Waals surface area contributed by atoms with E-state index in [1.807, 2.05) is 13.8 Å². The number of aryl methyl sites for hydroxylation is 2. The fourth-order valence-electron chi connectivity index (χ4n) is 2.30. The zero-order chi connectivity index (χ0) is 18.9. The molecule has 1 amide bonds. The maximum Gasteiger partial charge on any atom is 0.322 e. The summed E-state index contributed by atoms with van der Waals surface area (Å²) in [6.07, 6.45) is 1.19. The molecule has 0 saturated carbocycles. The van der Waals surface area contributed by atoms with E-state index in [0.717, 1.165) is 21.8 Å². The summed E-state index contributed by atoms with van der Waals surface area (Å²) >= 11 is 1.44. The summed E-state index contributed by atoms with van der Waals surface area (Å²) in [6, 6.07) is 6.13. The highest BCUT2D eigenvalue weighted by molar-refractivity contribution is 7.90. The first kappa shape index (κ1) is 18.2. The monoisotopic (exact) mass is 392 g/mol. The van der Waals surface area contributed by atoms with Crippen LogP contribution in [0.4, 0.5) is 6.01 Å². The molecule has 0 aliphatic carbocycles. The van der Waals surface area contributed by atoms with Crippen molar-refractivity contribution in [1.29, 1.82) is 0 Å². The van der Waals surface area contributed by atoms with E-state index in [-0.39, 0.29) is 23.2 Å². The summed E-state index contributed by atoms with van der Waals surface area (Å²) in [5.74, 6) is -0.0366. The molecule has 0 unspecified atom stereocenters. The van der Waals surface area contributed by atoms with Crippen LogP contribution in [0.1, 0.15) is 16.3 Å². The van der Waals surface area contributed by atoms with Gasteiger partial charge in [-0.2, -0.15) is 0 Å². The highest BCUT2D eigenvalue weighted by Gasteiger charge is 2.16. The maximum absolute atomic E-state index is 12.1. The minimum absolute atomic E-state index is 0.00297. The van der Waals surface area contributed by atoms with Crippen molar-refractivity contribution in [2.75, 3.05) is 11.6 Å². The van der Waals surface area contributed by atoms with Crippen LogP contribution in [0.5, 0.6) is 0 Å². The summed E-state index contributed by atoms with van der Waals surface area (Å²) < 4.78 is 28.4. The number of nitrogens with one attached hydrogen (secondary N) is 1. The Hall–Kier alpha value is -2.59. The van der Waals surface area contributed by atoms with Crippen LogP contribution in [-0.4, -0.2) is 35.8 Å². The average Bonchev–Trinajstić information content (AvgIpc) is 3.12. The van der Waals surface area contributed by atoms with Crippen LogP contribution in [0.2, 0.25) is 0 Å². The van der Waals surface area contributed by atoms with Gasteiger partial charge < -0.3 is 4.42 Å². The molecule has 2 heterocycles. The molecule has 1 aromatic carbocycles. The second-order valence-electron chi connectivity index (χ2n) is 5.70. The van der Waals surface area contributed by atoms with E-state index in [2.05, 4.69) is 20.5 Å². The number of aromatic nitrogens is 3. The van der Waals surface area contributed by atoms with Gasteiger partial charge in [0.15, 0.2) is 9.84 Å². The van der Waals surface area contributed by atoms with Gasteiger partial charge in [0.25, 0.3) is 5.89 Å². The van der Waals surface area contributed by atoms with Gasteiger partial charge >= 0.3 is 6.01 Å². The molecular weight excluding hydrogens is 376 g/mol.